The zero-order valence-electron chi connectivity index (χ0n) is 15.9. The van der Waals surface area contributed by atoms with E-state index in [2.05, 4.69) is 10.6 Å². The van der Waals surface area contributed by atoms with Crippen LogP contribution in [0.5, 0.6) is 0 Å². The van der Waals surface area contributed by atoms with Crippen molar-refractivity contribution < 1.29 is 17.9 Å². The van der Waals surface area contributed by atoms with Crippen LogP contribution in [0.1, 0.15) is 39.3 Å². The maximum Gasteiger partial charge on any atom is 0.243 e. The van der Waals surface area contributed by atoms with E-state index in [9.17, 15) is 13.2 Å². The highest BCUT2D eigenvalue weighted by atomic mass is 32.2. The van der Waals surface area contributed by atoms with Crippen molar-refractivity contribution in [3.8, 4) is 0 Å². The van der Waals surface area contributed by atoms with Gasteiger partial charge in [0.15, 0.2) is 0 Å². The highest BCUT2D eigenvalue weighted by molar-refractivity contribution is 7.89. The average molecular weight is 384 g/mol. The average Bonchev–Trinajstić information content (AvgIpc) is 2.62. The quantitative estimate of drug-likeness (QED) is 0.740. The molecule has 1 saturated heterocycles. The van der Waals surface area contributed by atoms with Gasteiger partial charge in [-0.3, -0.25) is 4.79 Å². The fourth-order valence-electron chi connectivity index (χ4n) is 3.05. The van der Waals surface area contributed by atoms with Crippen LogP contribution < -0.4 is 10.6 Å². The van der Waals surface area contributed by atoms with Crippen LogP contribution in [0.15, 0.2) is 29.2 Å². The number of rotatable bonds is 7. The van der Waals surface area contributed by atoms with Crippen molar-refractivity contribution in [2.24, 2.45) is 0 Å². The van der Waals surface area contributed by atoms with E-state index in [1.807, 2.05) is 27.7 Å². The van der Waals surface area contributed by atoms with Crippen LogP contribution in [0, 0.1) is 0 Å². The Hall–Kier alpha value is -1.48. The number of sulfonamides is 1. The zero-order chi connectivity index (χ0) is 19.3. The Labute approximate surface area is 156 Å². The van der Waals surface area contributed by atoms with E-state index in [4.69, 9.17) is 4.74 Å². The molecule has 1 heterocycles. The van der Waals surface area contributed by atoms with Crippen LogP contribution in [0.25, 0.3) is 0 Å². The maximum atomic E-state index is 12.5. The molecular weight excluding hydrogens is 354 g/mol. The molecular formula is C18H29N3O4S. The summed E-state index contributed by atoms with van der Waals surface area (Å²) in [6.07, 6.45) is -0.183. The smallest absolute Gasteiger partial charge is 0.243 e. The van der Waals surface area contributed by atoms with Gasteiger partial charge in [0.05, 0.1) is 23.6 Å². The Balaban J connectivity index is 2.06. The molecule has 2 N–H and O–H groups in total. The monoisotopic (exact) mass is 383 g/mol. The van der Waals surface area contributed by atoms with E-state index in [1.54, 1.807) is 24.3 Å². The number of nitrogens with one attached hydrogen (secondary N) is 2. The lowest BCUT2D eigenvalue weighted by Crippen LogP contribution is -2.55. The van der Waals surface area contributed by atoms with Crippen molar-refractivity contribution in [1.29, 1.82) is 0 Å². The van der Waals surface area contributed by atoms with E-state index in [0.29, 0.717) is 26.2 Å². The second-order valence-electron chi connectivity index (χ2n) is 6.40. The van der Waals surface area contributed by atoms with Crippen molar-refractivity contribution in [2.75, 3.05) is 26.2 Å². The summed E-state index contributed by atoms with van der Waals surface area (Å²) in [5.74, 6) is -0.121. The number of hydrogen-bond acceptors (Lipinski definition) is 5. The van der Waals surface area contributed by atoms with Crippen molar-refractivity contribution in [3.63, 3.8) is 0 Å². The molecule has 0 spiro atoms. The van der Waals surface area contributed by atoms with Gasteiger partial charge in [-0.2, -0.15) is 4.31 Å². The molecule has 1 aliphatic rings. The Kier molecular flexibility index (Phi) is 7.16. The third-order valence-corrected chi connectivity index (χ3v) is 6.75. The topological polar surface area (TPSA) is 87.7 Å². The van der Waals surface area contributed by atoms with Gasteiger partial charge in [-0.05, 0) is 31.5 Å². The van der Waals surface area contributed by atoms with E-state index in [0.717, 1.165) is 5.56 Å². The molecule has 1 aromatic rings. The summed E-state index contributed by atoms with van der Waals surface area (Å²) in [4.78, 5) is 12.7. The van der Waals surface area contributed by atoms with Gasteiger partial charge in [0.1, 0.15) is 6.04 Å². The number of amides is 1. The van der Waals surface area contributed by atoms with Gasteiger partial charge in [-0.25, -0.2) is 8.42 Å². The number of carbonyl (C=O) groups is 1. The zero-order valence-corrected chi connectivity index (χ0v) is 16.7. The molecule has 0 aliphatic carbocycles. The summed E-state index contributed by atoms with van der Waals surface area (Å²) in [6, 6.07) is 6.06. The number of benzene rings is 1. The molecule has 1 fully saturated rings. The lowest BCUT2D eigenvalue weighted by atomic mass is 10.1. The van der Waals surface area contributed by atoms with Crippen LogP contribution in [-0.2, 0) is 19.6 Å². The summed E-state index contributed by atoms with van der Waals surface area (Å²) in [7, 11) is -3.47. The van der Waals surface area contributed by atoms with Crippen LogP contribution in [0.3, 0.4) is 0 Å². The van der Waals surface area contributed by atoms with Gasteiger partial charge in [0.25, 0.3) is 0 Å². The van der Waals surface area contributed by atoms with Gasteiger partial charge in [-0.1, -0.05) is 26.0 Å². The molecule has 3 atom stereocenters. The number of hydrogen-bond donors (Lipinski definition) is 2. The normalized spacial score (nSPS) is 22.2. The predicted octanol–water partition coefficient (Wildman–Crippen LogP) is 1.27. The number of morpholine rings is 1. The van der Waals surface area contributed by atoms with Crippen LogP contribution in [0.4, 0.5) is 0 Å². The summed E-state index contributed by atoms with van der Waals surface area (Å²) in [5, 5.41) is 6.12. The van der Waals surface area contributed by atoms with Crippen molar-refractivity contribution in [3.05, 3.63) is 29.8 Å². The van der Waals surface area contributed by atoms with Crippen molar-refractivity contribution in [2.45, 2.75) is 50.8 Å². The van der Waals surface area contributed by atoms with E-state index < -0.39 is 10.0 Å². The minimum absolute atomic E-state index is 0.121. The van der Waals surface area contributed by atoms with Gasteiger partial charge in [0.2, 0.25) is 15.9 Å². The predicted molar refractivity (Wildman–Crippen MR) is 100 cm³/mol. The van der Waals surface area contributed by atoms with Crippen LogP contribution >= 0.6 is 0 Å². The summed E-state index contributed by atoms with van der Waals surface area (Å²) in [6.45, 7) is 9.49. The maximum absolute atomic E-state index is 12.5. The first-order valence-electron chi connectivity index (χ1n) is 9.06. The standard InChI is InChI=1S/C18H29N3O4S/c1-5-21(6-2)26(23,24)16-9-7-15(8-10-16)13(3)20-18(22)17-14(4)25-12-11-19-17/h7-10,13-14,17,19H,5-6,11-12H2,1-4H3,(H,20,22)/t13?,14-,17+/m1/s1. The molecule has 1 unspecified atom stereocenters. The van der Waals surface area contributed by atoms with E-state index >= 15 is 0 Å². The summed E-state index contributed by atoms with van der Waals surface area (Å²) < 4.78 is 32.0. The highest BCUT2D eigenvalue weighted by Crippen LogP contribution is 2.19. The SMILES string of the molecule is CCN(CC)S(=O)(=O)c1ccc(C(C)NC(=O)[C@H]2NCCO[C@@H]2C)cc1. The molecule has 1 amide bonds. The molecule has 7 nitrogen and oxygen atoms in total. The third-order valence-electron chi connectivity index (χ3n) is 4.68. The molecule has 146 valence electrons. The van der Waals surface area contributed by atoms with Crippen molar-refractivity contribution in [1.82, 2.24) is 14.9 Å². The molecule has 8 heteroatoms. The summed E-state index contributed by atoms with van der Waals surface area (Å²) >= 11 is 0. The van der Waals surface area contributed by atoms with Crippen LogP contribution in [0.2, 0.25) is 0 Å². The number of ether oxygens (including phenoxy) is 1. The van der Waals surface area contributed by atoms with E-state index in [-0.39, 0.29) is 29.0 Å². The van der Waals surface area contributed by atoms with Crippen molar-refractivity contribution >= 4 is 15.9 Å². The molecule has 1 aliphatic heterocycles. The third kappa shape index (κ3) is 4.62. The lowest BCUT2D eigenvalue weighted by molar-refractivity contribution is -0.129. The lowest BCUT2D eigenvalue weighted by Gasteiger charge is -2.30. The van der Waals surface area contributed by atoms with Gasteiger partial charge >= 0.3 is 0 Å². The molecule has 0 saturated carbocycles. The first kappa shape index (κ1) is 20.8. The molecule has 0 aromatic heterocycles. The molecule has 0 bridgehead atoms. The first-order chi connectivity index (χ1) is 12.3. The van der Waals surface area contributed by atoms with Gasteiger partial charge < -0.3 is 15.4 Å². The second kappa shape index (κ2) is 8.94. The molecule has 2 rings (SSSR count). The number of carbonyl (C=O) groups excluding carboxylic acids is 1. The van der Waals surface area contributed by atoms with E-state index in [1.165, 1.54) is 4.31 Å². The number of nitrogens with zero attached hydrogens (tertiary/aromatic N) is 1. The fourth-order valence-corrected chi connectivity index (χ4v) is 4.51. The highest BCUT2D eigenvalue weighted by Gasteiger charge is 2.29. The first-order valence-corrected chi connectivity index (χ1v) is 10.5. The molecule has 0 radical (unpaired) electrons. The van der Waals surface area contributed by atoms with Crippen LogP contribution in [-0.4, -0.2) is 57.0 Å². The van der Waals surface area contributed by atoms with Gasteiger partial charge in [0, 0.05) is 19.6 Å². The summed E-state index contributed by atoms with van der Waals surface area (Å²) in [5.41, 5.74) is 0.848. The Morgan fingerprint density at radius 3 is 2.46 bits per heavy atom. The Morgan fingerprint density at radius 1 is 1.31 bits per heavy atom. The minimum atomic E-state index is -3.47. The largest absolute Gasteiger partial charge is 0.375 e. The molecule has 1 aromatic carbocycles. The fraction of sp³-hybridized carbons (Fsp3) is 0.611. The van der Waals surface area contributed by atoms with Gasteiger partial charge in [-0.15, -0.1) is 0 Å². The molecule has 26 heavy (non-hydrogen) atoms. The Bertz CT molecular complexity index is 702. The second-order valence-corrected chi connectivity index (χ2v) is 8.33. The minimum Gasteiger partial charge on any atom is -0.375 e. The Morgan fingerprint density at radius 2 is 1.92 bits per heavy atom.